The fourth-order valence-electron chi connectivity index (χ4n) is 4.21. The van der Waals surface area contributed by atoms with Gasteiger partial charge in [-0.25, -0.2) is 0 Å². The van der Waals surface area contributed by atoms with Crippen molar-refractivity contribution in [1.29, 1.82) is 0 Å². The van der Waals surface area contributed by atoms with Crippen molar-refractivity contribution in [3.8, 4) is 22.3 Å². The molecule has 0 spiro atoms. The predicted molar refractivity (Wildman–Crippen MR) is 130 cm³/mol. The first-order chi connectivity index (χ1) is 13.2. The highest BCUT2D eigenvalue weighted by Gasteiger charge is 2.28. The van der Waals surface area contributed by atoms with Gasteiger partial charge in [0.15, 0.2) is 0 Å². The van der Waals surface area contributed by atoms with E-state index in [9.17, 15) is 0 Å². The summed E-state index contributed by atoms with van der Waals surface area (Å²) in [6.07, 6.45) is 4.61. The van der Waals surface area contributed by atoms with Crippen LogP contribution in [0, 0.1) is 0 Å². The summed E-state index contributed by atoms with van der Waals surface area (Å²) in [6, 6.07) is 25.0. The van der Waals surface area contributed by atoms with Gasteiger partial charge in [-0.1, -0.05) is 66.7 Å². The van der Waals surface area contributed by atoms with E-state index >= 15 is 0 Å². The maximum Gasteiger partial charge on any atom is -0.0118 e. The van der Waals surface area contributed by atoms with Crippen LogP contribution in [0.5, 0.6) is 0 Å². The Morgan fingerprint density at radius 1 is 0.593 bits per heavy atom. The van der Waals surface area contributed by atoms with Crippen LogP contribution >= 0.6 is 27.7 Å². The van der Waals surface area contributed by atoms with Gasteiger partial charge >= 0.3 is 0 Å². The van der Waals surface area contributed by atoms with Crippen LogP contribution in [-0.4, -0.2) is 12.3 Å². The summed E-state index contributed by atoms with van der Waals surface area (Å²) in [5.74, 6) is 1.39. The maximum absolute atomic E-state index is 2.94. The fourth-order valence-corrected chi connectivity index (χ4v) is 5.38. The Morgan fingerprint density at radius 3 is 1.63 bits per heavy atom. The zero-order valence-corrected chi connectivity index (χ0v) is 19.0. The zero-order chi connectivity index (χ0) is 18.8. The average Bonchev–Trinajstić information content (AvgIpc) is 3.11. The molecule has 138 valence electrons. The average molecular weight is 408 g/mol. The Labute approximate surface area is 170 Å². The van der Waals surface area contributed by atoms with Crippen molar-refractivity contribution in [2.45, 2.75) is 24.4 Å². The Bertz CT molecular complexity index is 913. The SMILES string of the molecule is PCc1ccc(-c2ccc(-c3ccc4c(c3)C(CP)CC4CP)cc2)cc1. The van der Waals surface area contributed by atoms with Crippen LogP contribution in [0.3, 0.4) is 0 Å². The van der Waals surface area contributed by atoms with Crippen LogP contribution in [0.1, 0.15) is 34.9 Å². The van der Waals surface area contributed by atoms with Crippen LogP contribution in [0.4, 0.5) is 0 Å². The standard InChI is InChI=1S/C24H27P3/c25-13-16-1-3-17(4-2-16)18-5-7-19(8-6-18)20-9-10-23-21(14-26)11-22(15-27)24(23)12-20/h1-10,12,21-22H,11,13-15,25-27H2. The second-order valence-corrected chi connectivity index (χ2v) is 8.77. The van der Waals surface area contributed by atoms with E-state index in [4.69, 9.17) is 0 Å². The molecule has 0 bridgehead atoms. The van der Waals surface area contributed by atoms with Crippen LogP contribution < -0.4 is 0 Å². The lowest BCUT2D eigenvalue weighted by atomic mass is 9.95. The molecule has 0 amide bonds. The summed E-state index contributed by atoms with van der Waals surface area (Å²) in [5, 5.41) is 0. The van der Waals surface area contributed by atoms with E-state index < -0.39 is 0 Å². The van der Waals surface area contributed by atoms with E-state index in [1.54, 1.807) is 11.1 Å². The zero-order valence-electron chi connectivity index (χ0n) is 15.6. The molecule has 27 heavy (non-hydrogen) atoms. The predicted octanol–water partition coefficient (Wildman–Crippen LogP) is 6.72. The summed E-state index contributed by atoms with van der Waals surface area (Å²) in [5.41, 5.74) is 9.68. The Kier molecular flexibility index (Phi) is 6.09. The Hall–Kier alpha value is -1.05. The van der Waals surface area contributed by atoms with Crippen LogP contribution in [0.25, 0.3) is 22.3 Å². The molecule has 4 rings (SSSR count). The minimum absolute atomic E-state index is 0.685. The normalized spacial score (nSPS) is 18.5. The minimum atomic E-state index is 0.685. The van der Waals surface area contributed by atoms with E-state index in [0.29, 0.717) is 11.8 Å². The second kappa shape index (κ2) is 8.53. The van der Waals surface area contributed by atoms with Gasteiger partial charge in [0.25, 0.3) is 0 Å². The molecule has 5 atom stereocenters. The molecule has 0 aliphatic heterocycles. The van der Waals surface area contributed by atoms with Crippen molar-refractivity contribution in [3.63, 3.8) is 0 Å². The van der Waals surface area contributed by atoms with Gasteiger partial charge in [0.05, 0.1) is 0 Å². The third kappa shape index (κ3) is 3.91. The Balaban J connectivity index is 1.62. The van der Waals surface area contributed by atoms with Crippen molar-refractivity contribution in [3.05, 3.63) is 83.4 Å². The molecule has 3 aromatic carbocycles. The molecule has 0 aromatic heterocycles. The lowest BCUT2D eigenvalue weighted by Gasteiger charge is -2.11. The van der Waals surface area contributed by atoms with E-state index in [1.165, 1.54) is 34.2 Å². The van der Waals surface area contributed by atoms with Gasteiger partial charge in [0.1, 0.15) is 0 Å². The molecule has 1 aliphatic carbocycles. The Morgan fingerprint density at radius 2 is 1.07 bits per heavy atom. The van der Waals surface area contributed by atoms with E-state index in [-0.39, 0.29) is 0 Å². The first-order valence-corrected chi connectivity index (χ1v) is 12.1. The highest BCUT2D eigenvalue weighted by molar-refractivity contribution is 7.16. The summed E-state index contributed by atoms with van der Waals surface area (Å²) in [4.78, 5) is 0. The van der Waals surface area contributed by atoms with Gasteiger partial charge in [-0.3, -0.25) is 0 Å². The smallest absolute Gasteiger partial charge is 0.0118 e. The van der Waals surface area contributed by atoms with Crippen molar-refractivity contribution < 1.29 is 0 Å². The monoisotopic (exact) mass is 408 g/mol. The molecule has 3 heteroatoms. The van der Waals surface area contributed by atoms with Crippen molar-refractivity contribution >= 4 is 27.7 Å². The minimum Gasteiger partial charge on any atom is -0.137 e. The van der Waals surface area contributed by atoms with Crippen LogP contribution in [-0.2, 0) is 6.16 Å². The van der Waals surface area contributed by atoms with Gasteiger partial charge in [0, 0.05) is 0 Å². The van der Waals surface area contributed by atoms with E-state index in [2.05, 4.69) is 94.4 Å². The molecule has 0 radical (unpaired) electrons. The summed E-state index contributed by atoms with van der Waals surface area (Å²) in [7, 11) is 8.66. The molecule has 0 saturated heterocycles. The van der Waals surface area contributed by atoms with Crippen molar-refractivity contribution in [2.75, 3.05) is 12.3 Å². The molecule has 0 fully saturated rings. The number of hydrogen-bond donors (Lipinski definition) is 0. The number of hydrogen-bond acceptors (Lipinski definition) is 0. The molecular formula is C24H27P3. The highest BCUT2D eigenvalue weighted by atomic mass is 31.0. The quantitative estimate of drug-likeness (QED) is 0.411. The molecule has 5 unspecified atom stereocenters. The molecule has 0 nitrogen and oxygen atoms in total. The van der Waals surface area contributed by atoms with Gasteiger partial charge in [-0.2, -0.15) is 0 Å². The third-order valence-electron chi connectivity index (χ3n) is 5.85. The summed E-state index contributed by atoms with van der Waals surface area (Å²) in [6.45, 7) is 0. The number of rotatable bonds is 5. The summed E-state index contributed by atoms with van der Waals surface area (Å²) < 4.78 is 0. The largest absolute Gasteiger partial charge is 0.137 e. The first-order valence-electron chi connectivity index (χ1n) is 9.67. The van der Waals surface area contributed by atoms with Gasteiger partial charge in [0.2, 0.25) is 0 Å². The third-order valence-corrected chi connectivity index (χ3v) is 7.46. The molecule has 0 N–H and O–H groups in total. The summed E-state index contributed by atoms with van der Waals surface area (Å²) >= 11 is 0. The van der Waals surface area contributed by atoms with Crippen LogP contribution in [0.15, 0.2) is 66.7 Å². The molecular weight excluding hydrogens is 381 g/mol. The molecule has 0 heterocycles. The molecule has 1 aliphatic rings. The van der Waals surface area contributed by atoms with E-state index in [0.717, 1.165) is 18.5 Å². The molecule has 0 saturated carbocycles. The van der Waals surface area contributed by atoms with Gasteiger partial charge < -0.3 is 0 Å². The highest BCUT2D eigenvalue weighted by Crippen LogP contribution is 2.44. The van der Waals surface area contributed by atoms with E-state index in [1.807, 2.05) is 0 Å². The van der Waals surface area contributed by atoms with Gasteiger partial charge in [-0.05, 0) is 75.7 Å². The molecule has 3 aromatic rings. The topological polar surface area (TPSA) is 0 Å². The fraction of sp³-hybridized carbons (Fsp3) is 0.250. The first kappa shape index (κ1) is 19.3. The number of fused-ring (bicyclic) bond motifs is 1. The van der Waals surface area contributed by atoms with Crippen molar-refractivity contribution in [2.24, 2.45) is 0 Å². The van der Waals surface area contributed by atoms with Crippen LogP contribution in [0.2, 0.25) is 0 Å². The lowest BCUT2D eigenvalue weighted by Crippen LogP contribution is -1.95. The lowest BCUT2D eigenvalue weighted by molar-refractivity contribution is 0.674. The number of benzene rings is 3. The van der Waals surface area contributed by atoms with Crippen molar-refractivity contribution in [1.82, 2.24) is 0 Å². The maximum atomic E-state index is 2.94. The second-order valence-electron chi connectivity index (χ2n) is 7.42. The van der Waals surface area contributed by atoms with Gasteiger partial charge in [-0.15, -0.1) is 27.7 Å².